The number of aromatic carboxylic acids is 2. The van der Waals surface area contributed by atoms with Crippen molar-refractivity contribution in [2.45, 2.75) is 13.1 Å². The van der Waals surface area contributed by atoms with Crippen molar-refractivity contribution >= 4 is 57.4 Å². The smallest absolute Gasteiger partial charge is 0.371 e. The third-order valence-electron chi connectivity index (χ3n) is 6.72. The van der Waals surface area contributed by atoms with Gasteiger partial charge in [-0.15, -0.1) is 0 Å². The van der Waals surface area contributed by atoms with Crippen LogP contribution in [0, 0.1) is 0 Å². The lowest BCUT2D eigenvalue weighted by Crippen LogP contribution is -2.28. The number of rotatable bonds is 8. The van der Waals surface area contributed by atoms with Crippen molar-refractivity contribution in [2.24, 2.45) is 4.99 Å². The summed E-state index contributed by atoms with van der Waals surface area (Å²) in [4.78, 5) is 43.1. The highest BCUT2D eigenvalue weighted by atomic mass is 32.2. The van der Waals surface area contributed by atoms with Gasteiger partial charge in [0.15, 0.2) is 5.17 Å². The first kappa shape index (κ1) is 26.9. The van der Waals surface area contributed by atoms with Crippen LogP contribution in [0.5, 0.6) is 0 Å². The fourth-order valence-corrected chi connectivity index (χ4v) is 5.68. The molecule has 9 nitrogen and oxygen atoms in total. The Labute approximate surface area is 244 Å². The molecule has 1 aliphatic rings. The number of aromatic nitrogens is 1. The molecule has 1 aliphatic heterocycles. The van der Waals surface area contributed by atoms with Crippen LogP contribution in [0.4, 0.5) is 5.69 Å². The Kier molecular flexibility index (Phi) is 7.20. The lowest BCUT2D eigenvalue weighted by molar-refractivity contribution is -0.122. The van der Waals surface area contributed by atoms with Crippen LogP contribution in [0.2, 0.25) is 0 Å². The number of hydrogen-bond donors (Lipinski definition) is 2. The number of fused-ring (bicyclic) bond motifs is 1. The van der Waals surface area contributed by atoms with Gasteiger partial charge in [0, 0.05) is 22.7 Å². The Morgan fingerprint density at radius 2 is 1.60 bits per heavy atom. The molecular formula is C32H23N3O6S. The van der Waals surface area contributed by atoms with Crippen molar-refractivity contribution in [3.8, 4) is 0 Å². The summed E-state index contributed by atoms with van der Waals surface area (Å²) >= 11 is 1.27. The fourth-order valence-electron chi connectivity index (χ4n) is 4.69. The molecule has 0 bridgehead atoms. The van der Waals surface area contributed by atoms with E-state index in [0.717, 1.165) is 22.0 Å². The van der Waals surface area contributed by atoms with E-state index >= 15 is 0 Å². The quantitative estimate of drug-likeness (QED) is 0.202. The maximum absolute atomic E-state index is 13.8. The number of aliphatic imine (C=N–C) groups is 1. The van der Waals surface area contributed by atoms with Crippen LogP contribution < -0.4 is 0 Å². The van der Waals surface area contributed by atoms with Crippen LogP contribution in [0.15, 0.2) is 112 Å². The number of carbonyl (C=O) groups is 3. The third-order valence-corrected chi connectivity index (χ3v) is 7.72. The van der Waals surface area contributed by atoms with Gasteiger partial charge in [0.25, 0.3) is 5.91 Å². The predicted molar refractivity (Wildman–Crippen MR) is 160 cm³/mol. The summed E-state index contributed by atoms with van der Waals surface area (Å²) < 4.78 is 7.43. The van der Waals surface area contributed by atoms with E-state index in [2.05, 4.69) is 0 Å². The minimum absolute atomic E-state index is 0.125. The molecule has 3 aromatic carbocycles. The van der Waals surface area contributed by atoms with Crippen LogP contribution in [-0.2, 0) is 17.9 Å². The molecule has 5 aromatic rings. The number of carboxylic acids is 2. The second kappa shape index (κ2) is 11.3. The number of nitrogens with zero attached hydrogens (tertiary/aromatic N) is 3. The number of furan rings is 1. The van der Waals surface area contributed by atoms with Gasteiger partial charge in [-0.2, -0.15) is 0 Å². The zero-order chi connectivity index (χ0) is 29.2. The number of hydrogen-bond acceptors (Lipinski definition) is 6. The van der Waals surface area contributed by atoms with E-state index < -0.39 is 11.9 Å². The molecule has 208 valence electrons. The molecular weight excluding hydrogens is 554 g/mol. The topological polar surface area (TPSA) is 125 Å². The highest BCUT2D eigenvalue weighted by molar-refractivity contribution is 8.18. The van der Waals surface area contributed by atoms with Crippen LogP contribution in [-0.4, -0.2) is 42.7 Å². The second-order valence-electron chi connectivity index (χ2n) is 9.53. The summed E-state index contributed by atoms with van der Waals surface area (Å²) in [6, 6.07) is 26.6. The standard InChI is InChI=1S/C32H23N3O6S/c36-29-28(16-22-18-34(26-9-5-4-8-25(22)26)19-24-14-15-27(41-24)31(39)40)42-32(33-23-6-2-1-3-7-23)35(29)17-20-10-12-21(13-11-20)30(37)38/h1-16,18H,17,19H2,(H,37,38)(H,39,40)/b28-16-,33-32?. The number of amidine groups is 1. The van der Waals surface area contributed by atoms with Crippen LogP contribution in [0.1, 0.15) is 37.8 Å². The maximum Gasteiger partial charge on any atom is 0.371 e. The number of amides is 1. The third kappa shape index (κ3) is 5.48. The molecule has 0 aliphatic carbocycles. The van der Waals surface area contributed by atoms with Crippen LogP contribution >= 0.6 is 11.8 Å². The first-order chi connectivity index (χ1) is 20.4. The molecule has 1 fully saturated rings. The molecule has 2 N–H and O–H groups in total. The van der Waals surface area contributed by atoms with Gasteiger partial charge in [-0.3, -0.25) is 9.69 Å². The molecule has 0 saturated carbocycles. The van der Waals surface area contributed by atoms with Crippen molar-refractivity contribution in [1.82, 2.24) is 9.47 Å². The number of benzene rings is 3. The lowest BCUT2D eigenvalue weighted by atomic mass is 10.1. The van der Waals surface area contributed by atoms with Crippen molar-refractivity contribution in [2.75, 3.05) is 0 Å². The van der Waals surface area contributed by atoms with Gasteiger partial charge in [0.1, 0.15) is 5.76 Å². The average molecular weight is 578 g/mol. The van der Waals surface area contributed by atoms with E-state index in [1.807, 2.05) is 71.4 Å². The van der Waals surface area contributed by atoms with Crippen molar-refractivity contribution in [3.63, 3.8) is 0 Å². The molecule has 0 radical (unpaired) electrons. The second-order valence-corrected chi connectivity index (χ2v) is 10.5. The zero-order valence-electron chi connectivity index (χ0n) is 22.0. The number of carbonyl (C=O) groups excluding carboxylic acids is 1. The molecule has 10 heteroatoms. The molecule has 6 rings (SSSR count). The fraction of sp³-hybridized carbons (Fsp3) is 0.0625. The molecule has 0 atom stereocenters. The monoisotopic (exact) mass is 577 g/mol. The Morgan fingerprint density at radius 1 is 0.857 bits per heavy atom. The van der Waals surface area contributed by atoms with Crippen molar-refractivity contribution in [1.29, 1.82) is 0 Å². The number of para-hydroxylation sites is 2. The van der Waals surface area contributed by atoms with E-state index in [1.165, 1.54) is 30.0 Å². The highest BCUT2D eigenvalue weighted by Gasteiger charge is 2.34. The van der Waals surface area contributed by atoms with Gasteiger partial charge in [-0.25, -0.2) is 14.6 Å². The van der Waals surface area contributed by atoms with E-state index in [4.69, 9.17) is 9.41 Å². The van der Waals surface area contributed by atoms with Gasteiger partial charge in [0.2, 0.25) is 5.76 Å². The molecule has 2 aromatic heterocycles. The zero-order valence-corrected chi connectivity index (χ0v) is 22.8. The van der Waals surface area contributed by atoms with Gasteiger partial charge >= 0.3 is 11.9 Å². The Bertz CT molecular complexity index is 1890. The lowest BCUT2D eigenvalue weighted by Gasteiger charge is -2.16. The van der Waals surface area contributed by atoms with Crippen LogP contribution in [0.25, 0.3) is 17.0 Å². The summed E-state index contributed by atoms with van der Waals surface area (Å²) in [5, 5.41) is 19.9. The molecule has 1 amide bonds. The SMILES string of the molecule is O=C(O)c1ccc(CN2C(=O)/C(=C/c3cn(Cc4ccc(C(=O)O)o4)c4ccccc34)SC2=Nc2ccccc2)cc1. The highest BCUT2D eigenvalue weighted by Crippen LogP contribution is 2.36. The average Bonchev–Trinajstić information content (AvgIpc) is 3.68. The van der Waals surface area contributed by atoms with E-state index in [1.54, 1.807) is 23.1 Å². The molecule has 1 saturated heterocycles. The van der Waals surface area contributed by atoms with Crippen LogP contribution in [0.3, 0.4) is 0 Å². The summed E-state index contributed by atoms with van der Waals surface area (Å²) in [5.41, 5.74) is 3.37. The maximum atomic E-state index is 13.8. The van der Waals surface area contributed by atoms with Gasteiger partial charge < -0.3 is 19.2 Å². The largest absolute Gasteiger partial charge is 0.478 e. The summed E-state index contributed by atoms with van der Waals surface area (Å²) in [6.45, 7) is 0.540. The molecule has 3 heterocycles. The van der Waals surface area contributed by atoms with Gasteiger partial charge in [0.05, 0.1) is 29.2 Å². The van der Waals surface area contributed by atoms with E-state index in [-0.39, 0.29) is 23.8 Å². The summed E-state index contributed by atoms with van der Waals surface area (Å²) in [7, 11) is 0. The van der Waals surface area contributed by atoms with Gasteiger partial charge in [-0.05, 0) is 65.9 Å². The van der Waals surface area contributed by atoms with Gasteiger partial charge in [-0.1, -0.05) is 48.5 Å². The number of thioether (sulfide) groups is 1. The normalized spacial score (nSPS) is 15.2. The minimum atomic E-state index is -1.13. The molecule has 0 unspecified atom stereocenters. The number of carboxylic acid groups (broad SMARTS) is 2. The summed E-state index contributed by atoms with van der Waals surface area (Å²) in [5.74, 6) is -1.99. The van der Waals surface area contributed by atoms with E-state index in [0.29, 0.717) is 28.1 Å². The van der Waals surface area contributed by atoms with Crippen molar-refractivity contribution < 1.29 is 29.0 Å². The molecule has 0 spiro atoms. The Balaban J connectivity index is 1.35. The van der Waals surface area contributed by atoms with Crippen molar-refractivity contribution in [3.05, 3.63) is 130 Å². The predicted octanol–water partition coefficient (Wildman–Crippen LogP) is 6.48. The molecule has 42 heavy (non-hydrogen) atoms. The minimum Gasteiger partial charge on any atom is -0.478 e. The first-order valence-electron chi connectivity index (χ1n) is 12.9. The first-order valence-corrected chi connectivity index (χ1v) is 13.7. The Hall–Kier alpha value is -5.35. The summed E-state index contributed by atoms with van der Waals surface area (Å²) in [6.07, 6.45) is 3.75. The van der Waals surface area contributed by atoms with E-state index in [9.17, 15) is 24.6 Å². The Morgan fingerprint density at radius 3 is 2.31 bits per heavy atom.